The first kappa shape index (κ1) is 18.3. The molecule has 1 heterocycles. The van der Waals surface area contributed by atoms with Crippen molar-refractivity contribution in [3.05, 3.63) is 66.1 Å². The Kier molecular flexibility index (Phi) is 5.57. The molecule has 1 aliphatic heterocycles. The largest absolute Gasteiger partial charge is 0.508 e. The van der Waals surface area contributed by atoms with Crippen molar-refractivity contribution in [2.75, 3.05) is 36.4 Å². The lowest BCUT2D eigenvalue weighted by molar-refractivity contribution is -0.112. The second kappa shape index (κ2) is 8.23. The fraction of sp³-hybridized carbons (Fsp3) is 0.200. The molecule has 1 aliphatic rings. The van der Waals surface area contributed by atoms with Crippen LogP contribution in [0.2, 0.25) is 0 Å². The number of hydrogen-bond donors (Lipinski definition) is 2. The van der Waals surface area contributed by atoms with Gasteiger partial charge in [0.1, 0.15) is 23.2 Å². The lowest BCUT2D eigenvalue weighted by Crippen LogP contribution is -2.44. The zero-order chi connectivity index (χ0) is 19.2. The maximum Gasteiger partial charge on any atom is 0.267 e. The SMILES string of the molecule is N#C/C(=C/N1CCN(c2ccc(F)cc2)CC1)C(=O)Nc1cccc(O)c1. The lowest BCUT2D eigenvalue weighted by atomic mass is 10.2. The Hall–Kier alpha value is -3.53. The number of amides is 1. The highest BCUT2D eigenvalue weighted by Crippen LogP contribution is 2.18. The lowest BCUT2D eigenvalue weighted by Gasteiger charge is -2.35. The van der Waals surface area contributed by atoms with Gasteiger partial charge in [-0.3, -0.25) is 4.79 Å². The fourth-order valence-electron chi connectivity index (χ4n) is 2.86. The number of piperazine rings is 1. The molecule has 0 spiro atoms. The van der Waals surface area contributed by atoms with E-state index in [0.717, 1.165) is 5.69 Å². The molecule has 0 radical (unpaired) electrons. The Morgan fingerprint density at radius 1 is 1.15 bits per heavy atom. The van der Waals surface area contributed by atoms with Gasteiger partial charge in [0, 0.05) is 49.8 Å². The number of nitrogens with zero attached hydrogens (tertiary/aromatic N) is 3. The molecular weight excluding hydrogens is 347 g/mol. The molecule has 6 nitrogen and oxygen atoms in total. The fourth-order valence-corrected chi connectivity index (χ4v) is 2.86. The Bertz CT molecular complexity index is 882. The smallest absolute Gasteiger partial charge is 0.267 e. The molecule has 2 aromatic rings. The molecule has 0 saturated carbocycles. The number of phenols is 1. The molecule has 0 atom stereocenters. The average molecular weight is 366 g/mol. The molecule has 2 aromatic carbocycles. The number of halogens is 1. The van der Waals surface area contributed by atoms with E-state index in [1.165, 1.54) is 24.3 Å². The summed E-state index contributed by atoms with van der Waals surface area (Å²) >= 11 is 0. The van der Waals surface area contributed by atoms with Gasteiger partial charge in [0.2, 0.25) is 0 Å². The van der Waals surface area contributed by atoms with Crippen LogP contribution >= 0.6 is 0 Å². The summed E-state index contributed by atoms with van der Waals surface area (Å²) in [4.78, 5) is 16.3. The summed E-state index contributed by atoms with van der Waals surface area (Å²) in [7, 11) is 0. The molecule has 0 unspecified atom stereocenters. The number of nitriles is 1. The summed E-state index contributed by atoms with van der Waals surface area (Å²) in [6, 6.07) is 14.4. The van der Waals surface area contributed by atoms with E-state index >= 15 is 0 Å². The average Bonchev–Trinajstić information content (AvgIpc) is 2.67. The van der Waals surface area contributed by atoms with E-state index in [1.807, 2.05) is 11.0 Å². The van der Waals surface area contributed by atoms with E-state index in [-0.39, 0.29) is 17.1 Å². The van der Waals surface area contributed by atoms with Gasteiger partial charge in [-0.15, -0.1) is 0 Å². The minimum absolute atomic E-state index is 0.00595. The first-order chi connectivity index (χ1) is 13.0. The van der Waals surface area contributed by atoms with Crippen LogP contribution in [0.3, 0.4) is 0 Å². The van der Waals surface area contributed by atoms with Crippen molar-refractivity contribution in [3.63, 3.8) is 0 Å². The number of nitrogens with one attached hydrogen (secondary N) is 1. The molecule has 3 rings (SSSR count). The maximum atomic E-state index is 13.0. The molecular formula is C20H19FN4O2. The standard InChI is InChI=1S/C20H19FN4O2/c21-16-4-6-18(7-5-16)25-10-8-24(9-11-25)14-15(13-22)20(27)23-17-2-1-3-19(26)12-17/h1-7,12,14,26H,8-11H2,(H,23,27)/b15-14-. The molecule has 2 N–H and O–H groups in total. The molecule has 0 aliphatic carbocycles. The van der Waals surface area contributed by atoms with Crippen molar-refractivity contribution in [2.24, 2.45) is 0 Å². The van der Waals surface area contributed by atoms with Gasteiger partial charge in [0.25, 0.3) is 5.91 Å². The van der Waals surface area contributed by atoms with Crippen molar-refractivity contribution < 1.29 is 14.3 Å². The van der Waals surface area contributed by atoms with Crippen molar-refractivity contribution in [1.29, 1.82) is 5.26 Å². The van der Waals surface area contributed by atoms with E-state index in [2.05, 4.69) is 10.2 Å². The number of hydrogen-bond acceptors (Lipinski definition) is 5. The maximum absolute atomic E-state index is 13.0. The van der Waals surface area contributed by atoms with Crippen LogP contribution in [-0.2, 0) is 4.79 Å². The summed E-state index contributed by atoms with van der Waals surface area (Å²) in [5.74, 6) is -0.756. The molecule has 7 heteroatoms. The number of benzene rings is 2. The minimum Gasteiger partial charge on any atom is -0.508 e. The van der Waals surface area contributed by atoms with Gasteiger partial charge in [-0.1, -0.05) is 6.07 Å². The van der Waals surface area contributed by atoms with Crippen molar-refractivity contribution in [1.82, 2.24) is 4.90 Å². The molecule has 138 valence electrons. The van der Waals surface area contributed by atoms with E-state index in [1.54, 1.807) is 30.5 Å². The number of carbonyl (C=O) groups is 1. The van der Waals surface area contributed by atoms with Crippen LogP contribution in [-0.4, -0.2) is 42.1 Å². The van der Waals surface area contributed by atoms with Crippen LogP contribution in [0.15, 0.2) is 60.3 Å². The zero-order valence-corrected chi connectivity index (χ0v) is 14.6. The van der Waals surface area contributed by atoms with Gasteiger partial charge < -0.3 is 20.2 Å². The van der Waals surface area contributed by atoms with Crippen molar-refractivity contribution in [2.45, 2.75) is 0 Å². The van der Waals surface area contributed by atoms with Crippen LogP contribution in [0.1, 0.15) is 0 Å². The van der Waals surface area contributed by atoms with Gasteiger partial charge in [-0.25, -0.2) is 4.39 Å². The summed E-state index contributed by atoms with van der Waals surface area (Å²) in [6.45, 7) is 2.69. The second-order valence-electron chi connectivity index (χ2n) is 6.16. The number of aromatic hydroxyl groups is 1. The van der Waals surface area contributed by atoms with Gasteiger partial charge in [-0.05, 0) is 36.4 Å². The van der Waals surface area contributed by atoms with Crippen LogP contribution in [0.25, 0.3) is 0 Å². The Balaban J connectivity index is 1.60. The Morgan fingerprint density at radius 3 is 2.48 bits per heavy atom. The van der Waals surface area contributed by atoms with E-state index in [9.17, 15) is 19.6 Å². The molecule has 1 amide bonds. The molecule has 0 bridgehead atoms. The molecule has 1 saturated heterocycles. The van der Waals surface area contributed by atoms with E-state index in [4.69, 9.17) is 0 Å². The van der Waals surface area contributed by atoms with E-state index in [0.29, 0.717) is 31.9 Å². The number of phenolic OH excluding ortho intramolecular Hbond substituents is 1. The zero-order valence-electron chi connectivity index (χ0n) is 14.6. The second-order valence-corrected chi connectivity index (χ2v) is 6.16. The number of anilines is 2. The van der Waals surface area contributed by atoms with Crippen molar-refractivity contribution in [3.8, 4) is 11.8 Å². The Labute approximate surface area is 156 Å². The Morgan fingerprint density at radius 2 is 1.85 bits per heavy atom. The van der Waals surface area contributed by atoms with Gasteiger partial charge in [0.15, 0.2) is 0 Å². The highest BCUT2D eigenvalue weighted by molar-refractivity contribution is 6.06. The molecule has 27 heavy (non-hydrogen) atoms. The van der Waals surface area contributed by atoms with Crippen LogP contribution < -0.4 is 10.2 Å². The minimum atomic E-state index is -0.524. The quantitative estimate of drug-likeness (QED) is 0.642. The van der Waals surface area contributed by atoms with Crippen LogP contribution in [0.5, 0.6) is 5.75 Å². The highest BCUT2D eigenvalue weighted by Gasteiger charge is 2.18. The van der Waals surface area contributed by atoms with Gasteiger partial charge in [0.05, 0.1) is 0 Å². The summed E-state index contributed by atoms with van der Waals surface area (Å²) in [5, 5.41) is 21.4. The molecule has 1 fully saturated rings. The third kappa shape index (κ3) is 4.76. The first-order valence-corrected chi connectivity index (χ1v) is 8.52. The summed E-state index contributed by atoms with van der Waals surface area (Å²) in [5.41, 5.74) is 1.36. The van der Waals surface area contributed by atoms with Crippen LogP contribution in [0.4, 0.5) is 15.8 Å². The van der Waals surface area contributed by atoms with Crippen molar-refractivity contribution >= 4 is 17.3 Å². The normalized spacial score (nSPS) is 14.6. The highest BCUT2D eigenvalue weighted by atomic mass is 19.1. The third-order valence-corrected chi connectivity index (χ3v) is 4.29. The van der Waals surface area contributed by atoms with Crippen LogP contribution in [0, 0.1) is 17.1 Å². The third-order valence-electron chi connectivity index (χ3n) is 4.29. The number of rotatable bonds is 4. The predicted octanol–water partition coefficient (Wildman–Crippen LogP) is 2.70. The summed E-state index contributed by atoms with van der Waals surface area (Å²) in [6.07, 6.45) is 1.56. The monoisotopic (exact) mass is 366 g/mol. The first-order valence-electron chi connectivity index (χ1n) is 8.52. The number of carbonyl (C=O) groups excluding carboxylic acids is 1. The topological polar surface area (TPSA) is 79.6 Å². The van der Waals surface area contributed by atoms with Gasteiger partial charge >= 0.3 is 0 Å². The van der Waals surface area contributed by atoms with Gasteiger partial charge in [-0.2, -0.15) is 5.26 Å². The summed E-state index contributed by atoms with van der Waals surface area (Å²) < 4.78 is 13.0. The predicted molar refractivity (Wildman–Crippen MR) is 101 cm³/mol. The van der Waals surface area contributed by atoms with E-state index < -0.39 is 5.91 Å². The molecule has 0 aromatic heterocycles.